The lowest BCUT2D eigenvalue weighted by Crippen LogP contribution is -2.26. The van der Waals surface area contributed by atoms with Gasteiger partial charge in [-0.3, -0.25) is 9.89 Å². The van der Waals surface area contributed by atoms with Crippen molar-refractivity contribution in [3.05, 3.63) is 52.7 Å². The maximum absolute atomic E-state index is 11.7. The molecule has 7 heteroatoms. The van der Waals surface area contributed by atoms with Crippen LogP contribution in [0.15, 0.2) is 41.2 Å². The maximum Gasteiger partial charge on any atom is 0.270 e. The summed E-state index contributed by atoms with van der Waals surface area (Å²) >= 11 is 1.40. The summed E-state index contributed by atoms with van der Waals surface area (Å²) in [6.45, 7) is 0.486. The molecule has 106 valence electrons. The number of thiazole rings is 1. The lowest BCUT2D eigenvalue weighted by atomic mass is 10.2. The topological polar surface area (TPSA) is 83.6 Å². The average molecular weight is 299 g/mol. The standard InChI is InChI=1S/C14H13N5OS/c20-14(11-8-21-9-16-11)15-7-6-12-17-13(19-18-12)10-4-2-1-3-5-10/h1-5,8-9H,6-7H2,(H,15,20)(H,17,18,19). The highest BCUT2D eigenvalue weighted by atomic mass is 32.1. The second kappa shape index (κ2) is 6.27. The molecular weight excluding hydrogens is 286 g/mol. The Kier molecular flexibility index (Phi) is 4.02. The van der Waals surface area contributed by atoms with Crippen molar-refractivity contribution < 1.29 is 4.79 Å². The number of aromatic amines is 1. The lowest BCUT2D eigenvalue weighted by Gasteiger charge is -2.00. The molecule has 0 radical (unpaired) electrons. The molecule has 0 saturated carbocycles. The molecule has 0 saturated heterocycles. The third kappa shape index (κ3) is 3.32. The number of carbonyl (C=O) groups is 1. The van der Waals surface area contributed by atoms with E-state index in [0.717, 1.165) is 11.4 Å². The van der Waals surface area contributed by atoms with Gasteiger partial charge in [-0.25, -0.2) is 9.97 Å². The first-order valence-corrected chi connectivity index (χ1v) is 7.40. The van der Waals surface area contributed by atoms with Gasteiger partial charge in [-0.05, 0) is 0 Å². The van der Waals surface area contributed by atoms with Gasteiger partial charge in [0.2, 0.25) is 0 Å². The summed E-state index contributed by atoms with van der Waals surface area (Å²) in [5.41, 5.74) is 3.05. The predicted molar refractivity (Wildman–Crippen MR) is 80.0 cm³/mol. The van der Waals surface area contributed by atoms with E-state index >= 15 is 0 Å². The van der Waals surface area contributed by atoms with E-state index in [2.05, 4.69) is 25.5 Å². The van der Waals surface area contributed by atoms with E-state index in [1.165, 1.54) is 11.3 Å². The number of nitrogens with zero attached hydrogens (tertiary/aromatic N) is 3. The van der Waals surface area contributed by atoms with Crippen LogP contribution in [0, 0.1) is 0 Å². The van der Waals surface area contributed by atoms with Gasteiger partial charge in [0.1, 0.15) is 11.5 Å². The first-order chi connectivity index (χ1) is 10.3. The van der Waals surface area contributed by atoms with Crippen molar-refractivity contribution in [3.8, 4) is 11.4 Å². The summed E-state index contributed by atoms with van der Waals surface area (Å²) in [5.74, 6) is 1.24. The summed E-state index contributed by atoms with van der Waals surface area (Å²) < 4.78 is 0. The zero-order valence-electron chi connectivity index (χ0n) is 11.1. The summed E-state index contributed by atoms with van der Waals surface area (Å²) in [6, 6.07) is 9.75. The number of H-pyrrole nitrogens is 1. The number of amides is 1. The fourth-order valence-corrected chi connectivity index (χ4v) is 2.37. The van der Waals surface area contributed by atoms with Crippen molar-refractivity contribution in [2.24, 2.45) is 0 Å². The minimum Gasteiger partial charge on any atom is -0.350 e. The third-order valence-corrected chi connectivity index (χ3v) is 3.46. The van der Waals surface area contributed by atoms with Crippen molar-refractivity contribution in [1.82, 2.24) is 25.5 Å². The van der Waals surface area contributed by atoms with Gasteiger partial charge in [-0.2, -0.15) is 5.10 Å². The van der Waals surface area contributed by atoms with Crippen LogP contribution in [0.25, 0.3) is 11.4 Å². The molecular formula is C14H13N5OS. The number of hydrogen-bond acceptors (Lipinski definition) is 5. The van der Waals surface area contributed by atoms with E-state index in [1.54, 1.807) is 10.9 Å². The van der Waals surface area contributed by atoms with Crippen molar-refractivity contribution in [1.29, 1.82) is 0 Å². The molecule has 3 rings (SSSR count). The Morgan fingerprint density at radius 3 is 2.90 bits per heavy atom. The van der Waals surface area contributed by atoms with Gasteiger partial charge < -0.3 is 5.32 Å². The van der Waals surface area contributed by atoms with Gasteiger partial charge >= 0.3 is 0 Å². The van der Waals surface area contributed by atoms with E-state index < -0.39 is 0 Å². The second-order valence-corrected chi connectivity index (χ2v) is 5.07. The third-order valence-electron chi connectivity index (χ3n) is 2.88. The lowest BCUT2D eigenvalue weighted by molar-refractivity contribution is 0.0949. The molecule has 0 bridgehead atoms. The molecule has 3 aromatic rings. The minimum atomic E-state index is -0.168. The summed E-state index contributed by atoms with van der Waals surface area (Å²) in [5, 5.41) is 11.6. The van der Waals surface area contributed by atoms with Gasteiger partial charge in [-0.15, -0.1) is 11.3 Å². The molecule has 0 unspecified atom stereocenters. The smallest absolute Gasteiger partial charge is 0.270 e. The van der Waals surface area contributed by atoms with Crippen molar-refractivity contribution in [2.75, 3.05) is 6.54 Å². The van der Waals surface area contributed by atoms with Crippen LogP contribution in [-0.2, 0) is 6.42 Å². The minimum absolute atomic E-state index is 0.168. The molecule has 2 N–H and O–H groups in total. The van der Waals surface area contributed by atoms with E-state index in [4.69, 9.17) is 0 Å². The highest BCUT2D eigenvalue weighted by Crippen LogP contribution is 2.13. The molecule has 1 amide bonds. The monoisotopic (exact) mass is 299 g/mol. The quantitative estimate of drug-likeness (QED) is 0.753. The fraction of sp³-hybridized carbons (Fsp3) is 0.143. The SMILES string of the molecule is O=C(NCCc1nc(-c2ccccc2)n[nH]1)c1cscn1. The molecule has 6 nitrogen and oxygen atoms in total. The van der Waals surface area contributed by atoms with Crippen LogP contribution >= 0.6 is 11.3 Å². The number of carbonyl (C=O) groups excluding carboxylic acids is 1. The first-order valence-electron chi connectivity index (χ1n) is 6.46. The number of aromatic nitrogens is 4. The van der Waals surface area contributed by atoms with Crippen LogP contribution < -0.4 is 5.32 Å². The zero-order chi connectivity index (χ0) is 14.5. The second-order valence-electron chi connectivity index (χ2n) is 4.35. The van der Waals surface area contributed by atoms with Gasteiger partial charge in [0.15, 0.2) is 5.82 Å². The average Bonchev–Trinajstić information content (AvgIpc) is 3.20. The van der Waals surface area contributed by atoms with Crippen LogP contribution in [0.2, 0.25) is 0 Å². The van der Waals surface area contributed by atoms with E-state index in [-0.39, 0.29) is 5.91 Å². The van der Waals surface area contributed by atoms with Crippen LogP contribution in [0.3, 0.4) is 0 Å². The van der Waals surface area contributed by atoms with Crippen LogP contribution in [0.5, 0.6) is 0 Å². The molecule has 21 heavy (non-hydrogen) atoms. The van der Waals surface area contributed by atoms with Gasteiger partial charge in [-0.1, -0.05) is 30.3 Å². The van der Waals surface area contributed by atoms with Gasteiger partial charge in [0.25, 0.3) is 5.91 Å². The first kappa shape index (κ1) is 13.4. The van der Waals surface area contributed by atoms with Gasteiger partial charge in [0.05, 0.1) is 5.51 Å². The predicted octanol–water partition coefficient (Wildman–Crippen LogP) is 1.90. The number of rotatable bonds is 5. The van der Waals surface area contributed by atoms with Crippen molar-refractivity contribution in [3.63, 3.8) is 0 Å². The van der Waals surface area contributed by atoms with E-state index in [0.29, 0.717) is 24.5 Å². The normalized spacial score (nSPS) is 10.5. The Bertz CT molecular complexity index is 708. The molecule has 0 aliphatic carbocycles. The molecule has 0 aliphatic rings. The number of nitrogens with one attached hydrogen (secondary N) is 2. The van der Waals surface area contributed by atoms with Crippen LogP contribution in [0.4, 0.5) is 0 Å². The van der Waals surface area contributed by atoms with Crippen LogP contribution in [0.1, 0.15) is 16.3 Å². The summed E-state index contributed by atoms with van der Waals surface area (Å²) in [4.78, 5) is 20.1. The molecule has 0 aliphatic heterocycles. The Hall–Kier alpha value is -2.54. The Balaban J connectivity index is 1.55. The molecule has 0 atom stereocenters. The molecule has 2 heterocycles. The fourth-order valence-electron chi connectivity index (χ4n) is 1.83. The Labute approximate surface area is 125 Å². The van der Waals surface area contributed by atoms with Crippen molar-refractivity contribution >= 4 is 17.2 Å². The van der Waals surface area contributed by atoms with Crippen LogP contribution in [-0.4, -0.2) is 32.6 Å². The summed E-state index contributed by atoms with van der Waals surface area (Å²) in [7, 11) is 0. The largest absolute Gasteiger partial charge is 0.350 e. The molecule has 0 fully saturated rings. The van der Waals surface area contributed by atoms with E-state index in [1.807, 2.05) is 30.3 Å². The highest BCUT2D eigenvalue weighted by Gasteiger charge is 2.08. The highest BCUT2D eigenvalue weighted by molar-refractivity contribution is 7.07. The molecule has 2 aromatic heterocycles. The van der Waals surface area contributed by atoms with E-state index in [9.17, 15) is 4.79 Å². The Morgan fingerprint density at radius 1 is 1.29 bits per heavy atom. The van der Waals surface area contributed by atoms with Crippen molar-refractivity contribution in [2.45, 2.75) is 6.42 Å². The van der Waals surface area contributed by atoms with Gasteiger partial charge in [0, 0.05) is 23.9 Å². The maximum atomic E-state index is 11.7. The molecule has 1 aromatic carbocycles. The summed E-state index contributed by atoms with van der Waals surface area (Å²) in [6.07, 6.45) is 0.593. The number of benzene rings is 1. The number of hydrogen-bond donors (Lipinski definition) is 2. The molecule has 0 spiro atoms. The zero-order valence-corrected chi connectivity index (χ0v) is 11.9. The Morgan fingerprint density at radius 2 is 2.14 bits per heavy atom.